The summed E-state index contributed by atoms with van der Waals surface area (Å²) in [6.07, 6.45) is 2.35. The lowest BCUT2D eigenvalue weighted by atomic mass is 9.85. The molecule has 3 unspecified atom stereocenters. The number of hydrogen-bond acceptors (Lipinski definition) is 4. The highest BCUT2D eigenvalue weighted by Gasteiger charge is 2.43. The fourth-order valence-corrected chi connectivity index (χ4v) is 2.51. The third-order valence-corrected chi connectivity index (χ3v) is 3.81. The predicted octanol–water partition coefficient (Wildman–Crippen LogP) is 2.55. The fourth-order valence-electron chi connectivity index (χ4n) is 2.51. The molecule has 0 amide bonds. The molecule has 1 saturated carbocycles. The number of ether oxygens (including phenoxy) is 3. The maximum absolute atomic E-state index is 6.05. The molecule has 4 nitrogen and oxygen atoms in total. The van der Waals surface area contributed by atoms with Crippen molar-refractivity contribution in [2.24, 2.45) is 0 Å². The van der Waals surface area contributed by atoms with Crippen molar-refractivity contribution in [2.45, 2.75) is 44.9 Å². The highest BCUT2D eigenvalue weighted by atomic mass is 16.6. The number of benzene rings is 1. The zero-order valence-electron chi connectivity index (χ0n) is 13.3. The third-order valence-electron chi connectivity index (χ3n) is 3.81. The Bertz CT molecular complexity index is 407. The molecule has 0 spiro atoms. The largest absolute Gasteiger partial charge is 0.488 e. The zero-order valence-corrected chi connectivity index (χ0v) is 13.3. The molecule has 1 aromatic rings. The van der Waals surface area contributed by atoms with Gasteiger partial charge in [-0.05, 0) is 32.0 Å². The van der Waals surface area contributed by atoms with E-state index in [0.29, 0.717) is 19.3 Å². The molecule has 0 aliphatic heterocycles. The van der Waals surface area contributed by atoms with Crippen molar-refractivity contribution in [1.29, 1.82) is 0 Å². The number of hydrogen-bond donors (Lipinski definition) is 1. The topological polar surface area (TPSA) is 39.7 Å². The van der Waals surface area contributed by atoms with Crippen molar-refractivity contribution in [3.05, 3.63) is 29.8 Å². The normalized spacial score (nSPS) is 24.6. The summed E-state index contributed by atoms with van der Waals surface area (Å²) in [5.74, 6) is 0.917. The molecule has 0 aromatic heterocycles. The van der Waals surface area contributed by atoms with Crippen molar-refractivity contribution in [3.63, 3.8) is 0 Å². The summed E-state index contributed by atoms with van der Waals surface area (Å²) in [6.45, 7) is 6.50. The molecule has 0 bridgehead atoms. The molecule has 4 heteroatoms. The van der Waals surface area contributed by atoms with Crippen LogP contribution in [0, 0.1) is 6.92 Å². The molecule has 1 N–H and O–H groups in total. The molecular formula is C17H27NO3. The molecule has 3 atom stereocenters. The molecule has 0 radical (unpaired) electrons. The predicted molar refractivity (Wildman–Crippen MR) is 83.9 cm³/mol. The van der Waals surface area contributed by atoms with Crippen molar-refractivity contribution in [2.75, 3.05) is 26.9 Å². The second-order valence-electron chi connectivity index (χ2n) is 5.59. The van der Waals surface area contributed by atoms with Crippen LogP contribution in [-0.4, -0.2) is 45.1 Å². The van der Waals surface area contributed by atoms with Crippen LogP contribution in [0.1, 0.15) is 25.3 Å². The van der Waals surface area contributed by atoms with Crippen LogP contribution in [0.25, 0.3) is 0 Å². The minimum absolute atomic E-state index is 0.105. The van der Waals surface area contributed by atoms with Crippen LogP contribution in [0.5, 0.6) is 5.75 Å². The Morgan fingerprint density at radius 3 is 2.62 bits per heavy atom. The van der Waals surface area contributed by atoms with Crippen LogP contribution in [-0.2, 0) is 9.47 Å². The van der Waals surface area contributed by atoms with E-state index in [1.165, 1.54) is 5.56 Å². The lowest BCUT2D eigenvalue weighted by Crippen LogP contribution is -2.61. The SMILES string of the molecule is CCCNC1CC(Oc2ccc(C)cc2)C1OCCOC. The standard InChI is InChI=1S/C17H27NO3/c1-4-9-18-15-12-16(17(15)20-11-10-19-3)21-14-7-5-13(2)6-8-14/h5-8,15-18H,4,9-12H2,1-3H3. The van der Waals surface area contributed by atoms with Crippen molar-refractivity contribution >= 4 is 0 Å². The summed E-state index contributed by atoms with van der Waals surface area (Å²) in [4.78, 5) is 0. The van der Waals surface area contributed by atoms with Gasteiger partial charge in [-0.15, -0.1) is 0 Å². The van der Waals surface area contributed by atoms with Gasteiger partial charge in [-0.2, -0.15) is 0 Å². The van der Waals surface area contributed by atoms with E-state index >= 15 is 0 Å². The summed E-state index contributed by atoms with van der Waals surface area (Å²) in [5.41, 5.74) is 1.24. The number of methoxy groups -OCH3 is 1. The maximum Gasteiger partial charge on any atom is 0.128 e. The van der Waals surface area contributed by atoms with Gasteiger partial charge in [0.15, 0.2) is 0 Å². The average molecular weight is 293 g/mol. The first kappa shape index (κ1) is 16.3. The first-order valence-electron chi connectivity index (χ1n) is 7.81. The van der Waals surface area contributed by atoms with Gasteiger partial charge in [-0.25, -0.2) is 0 Å². The highest BCUT2D eigenvalue weighted by molar-refractivity contribution is 5.27. The quantitative estimate of drug-likeness (QED) is 0.710. The third kappa shape index (κ3) is 4.70. The minimum Gasteiger partial charge on any atom is -0.488 e. The summed E-state index contributed by atoms with van der Waals surface area (Å²) < 4.78 is 17.0. The van der Waals surface area contributed by atoms with Gasteiger partial charge >= 0.3 is 0 Å². The highest BCUT2D eigenvalue weighted by Crippen LogP contribution is 2.29. The zero-order chi connectivity index (χ0) is 15.1. The van der Waals surface area contributed by atoms with E-state index < -0.39 is 0 Å². The monoisotopic (exact) mass is 293 g/mol. The van der Waals surface area contributed by atoms with Crippen molar-refractivity contribution in [1.82, 2.24) is 5.32 Å². The Morgan fingerprint density at radius 1 is 1.19 bits per heavy atom. The molecule has 1 aliphatic rings. The summed E-state index contributed by atoms with van der Waals surface area (Å²) >= 11 is 0. The first-order chi connectivity index (χ1) is 10.2. The van der Waals surface area contributed by atoms with E-state index in [9.17, 15) is 0 Å². The van der Waals surface area contributed by atoms with Gasteiger partial charge in [-0.3, -0.25) is 0 Å². The van der Waals surface area contributed by atoms with Gasteiger partial charge in [0, 0.05) is 19.6 Å². The van der Waals surface area contributed by atoms with Crippen LogP contribution in [0.4, 0.5) is 0 Å². The maximum atomic E-state index is 6.05. The number of nitrogens with one attached hydrogen (secondary N) is 1. The molecule has 0 heterocycles. The Labute approximate surface area is 127 Å². The molecule has 2 rings (SSSR count). The van der Waals surface area contributed by atoms with Crippen LogP contribution in [0.2, 0.25) is 0 Å². The Morgan fingerprint density at radius 2 is 1.95 bits per heavy atom. The summed E-state index contributed by atoms with van der Waals surface area (Å²) in [7, 11) is 1.69. The molecule has 0 saturated heterocycles. The first-order valence-corrected chi connectivity index (χ1v) is 7.81. The van der Waals surface area contributed by atoms with E-state index in [-0.39, 0.29) is 12.2 Å². The van der Waals surface area contributed by atoms with Gasteiger partial charge in [0.1, 0.15) is 18.0 Å². The van der Waals surface area contributed by atoms with Gasteiger partial charge in [0.2, 0.25) is 0 Å². The molecule has 118 valence electrons. The lowest BCUT2D eigenvalue weighted by Gasteiger charge is -2.44. The van der Waals surface area contributed by atoms with Crippen LogP contribution >= 0.6 is 0 Å². The van der Waals surface area contributed by atoms with Gasteiger partial charge in [0.25, 0.3) is 0 Å². The van der Waals surface area contributed by atoms with Crippen LogP contribution < -0.4 is 10.1 Å². The van der Waals surface area contributed by atoms with E-state index in [4.69, 9.17) is 14.2 Å². The molecule has 21 heavy (non-hydrogen) atoms. The van der Waals surface area contributed by atoms with Gasteiger partial charge in [-0.1, -0.05) is 24.6 Å². The van der Waals surface area contributed by atoms with E-state index in [0.717, 1.165) is 25.1 Å². The molecule has 1 aromatic carbocycles. The van der Waals surface area contributed by atoms with E-state index in [2.05, 4.69) is 31.3 Å². The number of rotatable bonds is 9. The lowest BCUT2D eigenvalue weighted by molar-refractivity contribution is -0.115. The Kier molecular flexibility index (Phi) is 6.49. The Hall–Kier alpha value is -1.10. The van der Waals surface area contributed by atoms with Crippen LogP contribution in [0.15, 0.2) is 24.3 Å². The summed E-state index contributed by atoms with van der Waals surface area (Å²) in [5, 5.41) is 3.52. The van der Waals surface area contributed by atoms with Crippen molar-refractivity contribution in [3.8, 4) is 5.75 Å². The smallest absolute Gasteiger partial charge is 0.128 e. The second kappa shape index (κ2) is 8.37. The van der Waals surface area contributed by atoms with Gasteiger partial charge < -0.3 is 19.5 Å². The Balaban J connectivity index is 1.86. The molecular weight excluding hydrogens is 266 g/mol. The van der Waals surface area contributed by atoms with Gasteiger partial charge in [0.05, 0.1) is 13.2 Å². The average Bonchev–Trinajstić information content (AvgIpc) is 2.48. The molecule has 1 fully saturated rings. The number of aryl methyl sites for hydroxylation is 1. The van der Waals surface area contributed by atoms with Crippen LogP contribution in [0.3, 0.4) is 0 Å². The minimum atomic E-state index is 0.105. The molecule has 1 aliphatic carbocycles. The second-order valence-corrected chi connectivity index (χ2v) is 5.59. The van der Waals surface area contributed by atoms with E-state index in [1.54, 1.807) is 7.11 Å². The van der Waals surface area contributed by atoms with Crippen molar-refractivity contribution < 1.29 is 14.2 Å². The van der Waals surface area contributed by atoms with E-state index in [1.807, 2.05) is 12.1 Å². The summed E-state index contributed by atoms with van der Waals surface area (Å²) in [6, 6.07) is 8.57. The fraction of sp³-hybridized carbons (Fsp3) is 0.647.